The van der Waals surface area contributed by atoms with Crippen LogP contribution in [0.15, 0.2) is 54.6 Å². The van der Waals surface area contributed by atoms with Crippen LogP contribution in [0.5, 0.6) is 0 Å². The van der Waals surface area contributed by atoms with E-state index in [1.165, 1.54) is 15.9 Å². The van der Waals surface area contributed by atoms with Crippen LogP contribution >= 0.6 is 0 Å². The van der Waals surface area contributed by atoms with Crippen molar-refractivity contribution in [3.05, 3.63) is 60.2 Å². The lowest BCUT2D eigenvalue weighted by Gasteiger charge is -2.53. The van der Waals surface area contributed by atoms with Crippen molar-refractivity contribution in [1.29, 1.82) is 0 Å². The standard InChI is InChI=1S/C20H22Si/c1-4-5-11-16-21(17-12-7-6-8-13-17)19-15-10-9-14-18(19)20(21,2)3/h6-10,12-15H,4-5H2,1-3H3. The zero-order chi connectivity index (χ0) is 14.9. The Hall–Kier alpha value is -1.78. The third-order valence-electron chi connectivity index (χ3n) is 4.80. The molecule has 0 saturated heterocycles. The van der Waals surface area contributed by atoms with Gasteiger partial charge in [0.1, 0.15) is 0 Å². The fourth-order valence-corrected chi connectivity index (χ4v) is 8.61. The molecule has 1 aliphatic rings. The van der Waals surface area contributed by atoms with Crippen molar-refractivity contribution in [3.63, 3.8) is 0 Å². The molecule has 1 unspecified atom stereocenters. The molecule has 0 radical (unpaired) electrons. The molecule has 3 rings (SSSR count). The lowest BCUT2D eigenvalue weighted by atomic mass is 10.00. The lowest BCUT2D eigenvalue weighted by Crippen LogP contribution is -2.78. The van der Waals surface area contributed by atoms with Gasteiger partial charge in [0.05, 0.1) is 0 Å². The van der Waals surface area contributed by atoms with E-state index in [-0.39, 0.29) is 5.04 Å². The van der Waals surface area contributed by atoms with Gasteiger partial charge in [-0.05, 0) is 22.4 Å². The van der Waals surface area contributed by atoms with Crippen molar-refractivity contribution in [3.8, 4) is 11.5 Å². The van der Waals surface area contributed by atoms with Crippen LogP contribution < -0.4 is 10.4 Å². The Balaban J connectivity index is 2.23. The summed E-state index contributed by atoms with van der Waals surface area (Å²) in [7, 11) is -1.97. The second-order valence-corrected chi connectivity index (χ2v) is 10.5. The summed E-state index contributed by atoms with van der Waals surface area (Å²) in [5.41, 5.74) is 5.28. The van der Waals surface area contributed by atoms with Gasteiger partial charge >= 0.3 is 0 Å². The molecular formula is C20H22Si. The van der Waals surface area contributed by atoms with E-state index in [9.17, 15) is 0 Å². The zero-order valence-corrected chi connectivity index (χ0v) is 14.1. The summed E-state index contributed by atoms with van der Waals surface area (Å²) in [6.07, 6.45) is 2.13. The minimum Gasteiger partial charge on any atom is -0.119 e. The predicted molar refractivity (Wildman–Crippen MR) is 93.6 cm³/mol. The van der Waals surface area contributed by atoms with Gasteiger partial charge in [0.2, 0.25) is 8.07 Å². The zero-order valence-electron chi connectivity index (χ0n) is 13.1. The average molecular weight is 290 g/mol. The second-order valence-electron chi connectivity index (χ2n) is 6.34. The maximum atomic E-state index is 3.79. The molecule has 1 atom stereocenters. The highest BCUT2D eigenvalue weighted by Gasteiger charge is 2.60. The fraction of sp³-hybridized carbons (Fsp3) is 0.300. The van der Waals surface area contributed by atoms with E-state index >= 15 is 0 Å². The molecule has 21 heavy (non-hydrogen) atoms. The van der Waals surface area contributed by atoms with E-state index in [1.54, 1.807) is 0 Å². The number of hydrogen-bond donors (Lipinski definition) is 0. The van der Waals surface area contributed by atoms with Crippen molar-refractivity contribution in [2.24, 2.45) is 0 Å². The van der Waals surface area contributed by atoms with Crippen LogP contribution in [0.25, 0.3) is 0 Å². The molecule has 0 aromatic heterocycles. The third-order valence-corrected chi connectivity index (χ3v) is 9.94. The van der Waals surface area contributed by atoms with Gasteiger partial charge in [0.15, 0.2) is 0 Å². The monoisotopic (exact) mass is 290 g/mol. The molecule has 0 N–H and O–H groups in total. The lowest BCUT2D eigenvalue weighted by molar-refractivity contribution is 0.712. The Morgan fingerprint density at radius 1 is 0.952 bits per heavy atom. The van der Waals surface area contributed by atoms with Crippen molar-refractivity contribution in [1.82, 2.24) is 0 Å². The summed E-state index contributed by atoms with van der Waals surface area (Å²) >= 11 is 0. The van der Waals surface area contributed by atoms with Gasteiger partial charge in [-0.1, -0.05) is 75.4 Å². The molecule has 0 fully saturated rings. The highest BCUT2D eigenvalue weighted by molar-refractivity contribution is 7.13. The molecular weight excluding hydrogens is 268 g/mol. The summed E-state index contributed by atoms with van der Waals surface area (Å²) in [4.78, 5) is 0. The third kappa shape index (κ3) is 1.90. The van der Waals surface area contributed by atoms with Gasteiger partial charge in [0.25, 0.3) is 0 Å². The molecule has 1 heterocycles. The Kier molecular flexibility index (Phi) is 3.51. The Labute approximate surface area is 129 Å². The van der Waals surface area contributed by atoms with E-state index in [1.807, 2.05) is 0 Å². The first-order valence-electron chi connectivity index (χ1n) is 7.80. The molecule has 0 aliphatic carbocycles. The van der Waals surface area contributed by atoms with Crippen LogP contribution in [0.3, 0.4) is 0 Å². The quantitative estimate of drug-likeness (QED) is 0.587. The van der Waals surface area contributed by atoms with Crippen LogP contribution in [0.2, 0.25) is 0 Å². The van der Waals surface area contributed by atoms with Crippen molar-refractivity contribution in [2.45, 2.75) is 38.7 Å². The summed E-state index contributed by atoms with van der Waals surface area (Å²) in [6, 6.07) is 19.9. The van der Waals surface area contributed by atoms with Crippen LogP contribution in [0.1, 0.15) is 39.2 Å². The van der Waals surface area contributed by atoms with Gasteiger partial charge in [-0.3, -0.25) is 0 Å². The molecule has 0 nitrogen and oxygen atoms in total. The topological polar surface area (TPSA) is 0 Å². The van der Waals surface area contributed by atoms with Gasteiger partial charge < -0.3 is 0 Å². The van der Waals surface area contributed by atoms with E-state index in [0.717, 1.165) is 12.8 Å². The first-order chi connectivity index (χ1) is 10.1. The summed E-state index contributed by atoms with van der Waals surface area (Å²) in [6.45, 7) is 6.97. The summed E-state index contributed by atoms with van der Waals surface area (Å²) in [5, 5.41) is 3.16. The van der Waals surface area contributed by atoms with Crippen LogP contribution in [-0.4, -0.2) is 8.07 Å². The molecule has 0 saturated carbocycles. The Morgan fingerprint density at radius 2 is 1.62 bits per heavy atom. The highest BCUT2D eigenvalue weighted by atomic mass is 28.3. The first-order valence-corrected chi connectivity index (χ1v) is 9.80. The van der Waals surface area contributed by atoms with Gasteiger partial charge in [0, 0.05) is 11.5 Å². The number of fused-ring (bicyclic) bond motifs is 1. The molecule has 0 spiro atoms. The van der Waals surface area contributed by atoms with Gasteiger partial charge in [-0.25, -0.2) is 0 Å². The van der Waals surface area contributed by atoms with Crippen molar-refractivity contribution >= 4 is 18.4 Å². The minimum atomic E-state index is -1.97. The maximum absolute atomic E-state index is 3.79. The molecule has 0 bridgehead atoms. The molecule has 106 valence electrons. The number of benzene rings is 2. The normalized spacial score (nSPS) is 21.7. The van der Waals surface area contributed by atoms with Gasteiger partial charge in [-0.2, -0.15) is 0 Å². The highest BCUT2D eigenvalue weighted by Crippen LogP contribution is 2.41. The van der Waals surface area contributed by atoms with Gasteiger partial charge in [-0.15, -0.1) is 11.5 Å². The average Bonchev–Trinajstić information content (AvgIpc) is 2.52. The predicted octanol–water partition coefficient (Wildman–Crippen LogP) is 3.42. The molecule has 0 amide bonds. The van der Waals surface area contributed by atoms with E-state index in [2.05, 4.69) is 86.8 Å². The smallest absolute Gasteiger partial charge is 0.119 e. The van der Waals surface area contributed by atoms with Crippen LogP contribution in [0, 0.1) is 11.5 Å². The Bertz CT molecular complexity index is 703. The maximum Gasteiger partial charge on any atom is 0.209 e. The SMILES string of the molecule is CCCC#C[Si]1(c2ccccc2)c2ccccc2C1(C)C. The number of unbranched alkanes of at least 4 members (excludes halogenated alkanes) is 1. The summed E-state index contributed by atoms with van der Waals surface area (Å²) in [5.74, 6) is 3.48. The number of hydrogen-bond acceptors (Lipinski definition) is 0. The molecule has 2 aromatic rings. The minimum absolute atomic E-state index is 0.186. The van der Waals surface area contributed by atoms with E-state index in [0.29, 0.717) is 0 Å². The van der Waals surface area contributed by atoms with Crippen molar-refractivity contribution in [2.75, 3.05) is 0 Å². The molecule has 2 aromatic carbocycles. The van der Waals surface area contributed by atoms with E-state index < -0.39 is 8.07 Å². The fourth-order valence-electron chi connectivity index (χ4n) is 3.65. The summed E-state index contributed by atoms with van der Waals surface area (Å²) < 4.78 is 0. The molecule has 1 aliphatic heterocycles. The Morgan fingerprint density at radius 3 is 2.33 bits per heavy atom. The van der Waals surface area contributed by atoms with E-state index in [4.69, 9.17) is 0 Å². The van der Waals surface area contributed by atoms with Crippen LogP contribution in [-0.2, 0) is 5.04 Å². The van der Waals surface area contributed by atoms with Crippen molar-refractivity contribution < 1.29 is 0 Å². The second kappa shape index (κ2) is 5.20. The molecule has 1 heteroatoms. The number of rotatable bonds is 2. The largest absolute Gasteiger partial charge is 0.209 e. The van der Waals surface area contributed by atoms with Crippen LogP contribution in [0.4, 0.5) is 0 Å². The first kappa shape index (κ1) is 14.2.